The topological polar surface area (TPSA) is 108 Å². The summed E-state index contributed by atoms with van der Waals surface area (Å²) < 4.78 is 19.0. The molecule has 1 aliphatic heterocycles. The van der Waals surface area contributed by atoms with E-state index in [1.807, 2.05) is 35.2 Å². The monoisotopic (exact) mass is 459 g/mol. The van der Waals surface area contributed by atoms with Gasteiger partial charge in [-0.15, -0.1) is 10.2 Å². The molecule has 172 valence electrons. The van der Waals surface area contributed by atoms with Crippen molar-refractivity contribution in [2.75, 3.05) is 0 Å². The Morgan fingerprint density at radius 3 is 2.76 bits per heavy atom. The molecule has 5 rings (SSSR count). The van der Waals surface area contributed by atoms with Gasteiger partial charge in [0.25, 0.3) is 5.89 Å². The molecule has 0 radical (unpaired) electrons. The van der Waals surface area contributed by atoms with Gasteiger partial charge in [0.05, 0.1) is 11.4 Å². The normalized spacial score (nSPS) is 15.7. The minimum Gasteiger partial charge on any atom is -0.418 e. The number of fused-ring (bicyclic) bond motifs is 1. The number of nitrogens with zero attached hydrogens (tertiary/aromatic N) is 4. The molecule has 4 aromatic rings. The van der Waals surface area contributed by atoms with E-state index < -0.39 is 18.3 Å². The van der Waals surface area contributed by atoms with E-state index >= 15 is 0 Å². The van der Waals surface area contributed by atoms with Crippen LogP contribution in [0.4, 0.5) is 4.39 Å². The number of halogens is 1. The summed E-state index contributed by atoms with van der Waals surface area (Å²) in [5, 5.41) is 19.0. The first-order chi connectivity index (χ1) is 16.4. The van der Waals surface area contributed by atoms with E-state index in [9.17, 15) is 14.3 Å². The van der Waals surface area contributed by atoms with Crippen LogP contribution in [0.2, 0.25) is 0 Å². The summed E-state index contributed by atoms with van der Waals surface area (Å²) in [6.45, 7) is 6.08. The zero-order chi connectivity index (χ0) is 23.8. The molecule has 0 saturated carbocycles. The molecule has 2 N–H and O–H groups in total. The minimum atomic E-state index is -1.36. The van der Waals surface area contributed by atoms with Crippen LogP contribution >= 0.6 is 0 Å². The number of nitrogens with one attached hydrogen (secondary N) is 1. The quantitative estimate of drug-likeness (QED) is 0.447. The predicted octanol–water partition coefficient (Wildman–Crippen LogP) is 4.11. The highest BCUT2D eigenvalue weighted by atomic mass is 19.1. The lowest BCUT2D eigenvalue weighted by atomic mass is 10.0. The second kappa shape index (κ2) is 8.68. The molecule has 9 heteroatoms. The predicted molar refractivity (Wildman–Crippen MR) is 123 cm³/mol. The van der Waals surface area contributed by atoms with Crippen molar-refractivity contribution in [1.82, 2.24) is 25.1 Å². The van der Waals surface area contributed by atoms with Crippen LogP contribution in [0.1, 0.15) is 53.6 Å². The lowest BCUT2D eigenvalue weighted by Crippen LogP contribution is -2.29. The number of rotatable bonds is 6. The van der Waals surface area contributed by atoms with Crippen molar-refractivity contribution in [1.29, 1.82) is 0 Å². The second-order valence-corrected chi connectivity index (χ2v) is 8.13. The molecule has 4 heterocycles. The Morgan fingerprint density at radius 1 is 1.21 bits per heavy atom. The number of pyridine rings is 2. The van der Waals surface area contributed by atoms with Gasteiger partial charge in [-0.2, -0.15) is 0 Å². The molecule has 2 unspecified atom stereocenters. The molecular formula is C25H22FN5O3. The Hall–Kier alpha value is -4.11. The van der Waals surface area contributed by atoms with Crippen LogP contribution in [-0.4, -0.2) is 30.2 Å². The van der Waals surface area contributed by atoms with Gasteiger partial charge in [0.1, 0.15) is 12.1 Å². The highest BCUT2D eigenvalue weighted by Gasteiger charge is 2.36. The van der Waals surface area contributed by atoms with Crippen LogP contribution < -0.4 is 5.43 Å². The molecule has 8 nitrogen and oxygen atoms in total. The molecule has 0 fully saturated rings. The Kier molecular flexibility index (Phi) is 5.54. The van der Waals surface area contributed by atoms with Crippen LogP contribution in [0, 0.1) is 0 Å². The van der Waals surface area contributed by atoms with Crippen LogP contribution in [-0.2, 0) is 6.54 Å². The first-order valence-corrected chi connectivity index (χ1v) is 10.8. The zero-order valence-corrected chi connectivity index (χ0v) is 18.4. The fourth-order valence-electron chi connectivity index (χ4n) is 4.17. The summed E-state index contributed by atoms with van der Waals surface area (Å²) in [5.74, 6) is 0.142. The number of aliphatic hydroxyl groups excluding tert-OH is 1. The Morgan fingerprint density at radius 2 is 2.06 bits per heavy atom. The average Bonchev–Trinajstić information content (AvgIpc) is 3.46. The van der Waals surface area contributed by atoms with Crippen LogP contribution in [0.15, 0.2) is 76.7 Å². The molecular weight excluding hydrogens is 437 g/mol. The van der Waals surface area contributed by atoms with Crippen LogP contribution in [0.25, 0.3) is 17.2 Å². The van der Waals surface area contributed by atoms with Crippen molar-refractivity contribution >= 4 is 5.70 Å². The standard InChI is InChI=1S/C25H22FN5O3/c1-14(26)24-29-30-25(34-24)16-6-7-17-13-31(15(2)19(17)11-16)22(20-5-3-4-9-27-20)23(33)21-12-18(32)8-10-28-21/h3-12,14,22-23,33H,2,13H2,1H3,(H,28,32)/t14?,22-,23?/m1/s1. The molecule has 34 heavy (non-hydrogen) atoms. The maximum absolute atomic E-state index is 13.5. The summed E-state index contributed by atoms with van der Waals surface area (Å²) >= 11 is 0. The summed E-state index contributed by atoms with van der Waals surface area (Å²) in [4.78, 5) is 21.3. The van der Waals surface area contributed by atoms with E-state index in [2.05, 4.69) is 26.7 Å². The van der Waals surface area contributed by atoms with Crippen molar-refractivity contribution in [2.24, 2.45) is 0 Å². The van der Waals surface area contributed by atoms with Gasteiger partial charge in [-0.1, -0.05) is 18.7 Å². The van der Waals surface area contributed by atoms with Gasteiger partial charge in [-0.25, -0.2) is 4.39 Å². The zero-order valence-electron chi connectivity index (χ0n) is 18.4. The lowest BCUT2D eigenvalue weighted by Gasteiger charge is -2.33. The molecule has 0 aliphatic carbocycles. The van der Waals surface area contributed by atoms with E-state index in [-0.39, 0.29) is 17.2 Å². The minimum absolute atomic E-state index is 0.0776. The first kappa shape index (κ1) is 21.7. The largest absolute Gasteiger partial charge is 0.418 e. The van der Waals surface area contributed by atoms with Gasteiger partial charge in [-0.05, 0) is 36.8 Å². The SMILES string of the molecule is C=C1c2cc(-c3nnc(C(C)F)o3)ccc2CN1[C@H](c1ccccn1)C(O)c1cc(=O)cc[nH]1. The summed E-state index contributed by atoms with van der Waals surface area (Å²) in [7, 11) is 0. The number of aromatic amines is 1. The van der Waals surface area contributed by atoms with Crippen LogP contribution in [0.3, 0.4) is 0 Å². The molecule has 0 amide bonds. The maximum atomic E-state index is 13.5. The number of hydrogen-bond acceptors (Lipinski definition) is 7. The van der Waals surface area contributed by atoms with Crippen molar-refractivity contribution in [2.45, 2.75) is 31.8 Å². The second-order valence-electron chi connectivity index (χ2n) is 8.13. The smallest absolute Gasteiger partial charge is 0.250 e. The summed E-state index contributed by atoms with van der Waals surface area (Å²) in [5.41, 5.74) is 3.95. The van der Waals surface area contributed by atoms with Gasteiger partial charge in [-0.3, -0.25) is 9.78 Å². The number of hydrogen-bond donors (Lipinski definition) is 2. The highest BCUT2D eigenvalue weighted by molar-refractivity contribution is 5.73. The number of benzene rings is 1. The fraction of sp³-hybridized carbons (Fsp3) is 0.200. The molecule has 3 atom stereocenters. The number of alkyl halides is 1. The van der Waals surface area contributed by atoms with Gasteiger partial charge in [0.15, 0.2) is 11.6 Å². The number of H-pyrrole nitrogens is 1. The Labute approximate surface area is 194 Å². The first-order valence-electron chi connectivity index (χ1n) is 10.8. The molecule has 0 spiro atoms. The van der Waals surface area contributed by atoms with Gasteiger partial charge in [0.2, 0.25) is 5.89 Å². The van der Waals surface area contributed by atoms with Gasteiger partial charge in [0, 0.05) is 47.9 Å². The number of aromatic nitrogens is 4. The van der Waals surface area contributed by atoms with E-state index in [0.29, 0.717) is 29.2 Å². The highest BCUT2D eigenvalue weighted by Crippen LogP contribution is 2.43. The third kappa shape index (κ3) is 3.90. The molecule has 3 aromatic heterocycles. The Balaban J connectivity index is 1.52. The van der Waals surface area contributed by atoms with Gasteiger partial charge >= 0.3 is 0 Å². The fourth-order valence-corrected chi connectivity index (χ4v) is 4.17. The van der Waals surface area contributed by atoms with Gasteiger partial charge < -0.3 is 19.4 Å². The maximum Gasteiger partial charge on any atom is 0.250 e. The van der Waals surface area contributed by atoms with E-state index in [0.717, 1.165) is 11.1 Å². The van der Waals surface area contributed by atoms with E-state index in [1.165, 1.54) is 25.3 Å². The number of aliphatic hydroxyl groups is 1. The summed E-state index contributed by atoms with van der Waals surface area (Å²) in [6.07, 6.45) is 0.740. The Bertz CT molecular complexity index is 1400. The third-order valence-electron chi connectivity index (χ3n) is 5.88. The third-order valence-corrected chi connectivity index (χ3v) is 5.88. The molecule has 0 saturated heterocycles. The average molecular weight is 459 g/mol. The van der Waals surface area contributed by atoms with Crippen LogP contribution in [0.5, 0.6) is 0 Å². The summed E-state index contributed by atoms with van der Waals surface area (Å²) in [6, 6.07) is 13.3. The molecule has 1 aliphatic rings. The van der Waals surface area contributed by atoms with Crippen molar-refractivity contribution in [3.8, 4) is 11.5 Å². The van der Waals surface area contributed by atoms with E-state index in [4.69, 9.17) is 4.42 Å². The molecule has 1 aromatic carbocycles. The van der Waals surface area contributed by atoms with Crippen molar-refractivity contribution < 1.29 is 13.9 Å². The van der Waals surface area contributed by atoms with Crippen molar-refractivity contribution in [3.63, 3.8) is 0 Å². The lowest BCUT2D eigenvalue weighted by molar-refractivity contribution is 0.0726. The van der Waals surface area contributed by atoms with Crippen molar-refractivity contribution in [3.05, 3.63) is 106 Å². The van der Waals surface area contributed by atoms with E-state index in [1.54, 1.807) is 12.3 Å². The molecule has 0 bridgehead atoms.